The SMILES string of the molecule is CCC12CCC(=O)C=C1c1c(cc(OC(CCOC)C(=O)O)c(Cl)c1Cl)C2. The topological polar surface area (TPSA) is 72.8 Å². The van der Waals surface area contributed by atoms with Gasteiger partial charge < -0.3 is 14.6 Å². The summed E-state index contributed by atoms with van der Waals surface area (Å²) >= 11 is 13.0. The molecule has 0 saturated heterocycles. The van der Waals surface area contributed by atoms with Crippen LogP contribution in [0.1, 0.15) is 43.7 Å². The van der Waals surface area contributed by atoms with Crippen LogP contribution in [-0.2, 0) is 20.7 Å². The lowest BCUT2D eigenvalue weighted by atomic mass is 9.71. The molecule has 0 spiro atoms. The first-order valence-corrected chi connectivity index (χ1v) is 9.73. The van der Waals surface area contributed by atoms with Crippen molar-refractivity contribution >= 4 is 40.5 Å². The monoisotopic (exact) mass is 412 g/mol. The van der Waals surface area contributed by atoms with Crippen LogP contribution in [0.5, 0.6) is 5.75 Å². The number of benzene rings is 1. The molecule has 7 heteroatoms. The third kappa shape index (κ3) is 3.60. The van der Waals surface area contributed by atoms with Gasteiger partial charge in [0.25, 0.3) is 0 Å². The average molecular weight is 413 g/mol. The highest BCUT2D eigenvalue weighted by Crippen LogP contribution is 2.57. The van der Waals surface area contributed by atoms with Crippen LogP contribution in [0.3, 0.4) is 0 Å². The minimum absolute atomic E-state index is 0.0972. The Balaban J connectivity index is 2.02. The third-order valence-electron chi connectivity index (χ3n) is 5.59. The number of aliphatic carboxylic acids is 1. The van der Waals surface area contributed by atoms with Crippen molar-refractivity contribution < 1.29 is 24.2 Å². The Kier molecular flexibility index (Phi) is 5.84. The summed E-state index contributed by atoms with van der Waals surface area (Å²) in [6.45, 7) is 2.36. The first-order chi connectivity index (χ1) is 12.8. The van der Waals surface area contributed by atoms with E-state index in [-0.39, 0.29) is 35.0 Å². The van der Waals surface area contributed by atoms with Crippen molar-refractivity contribution in [3.05, 3.63) is 33.3 Å². The number of halogens is 2. The van der Waals surface area contributed by atoms with E-state index in [0.717, 1.165) is 36.0 Å². The largest absolute Gasteiger partial charge is 0.479 e. The molecule has 0 saturated carbocycles. The fourth-order valence-corrected chi connectivity index (χ4v) is 4.55. The van der Waals surface area contributed by atoms with Gasteiger partial charge in [-0.3, -0.25) is 4.79 Å². The number of allylic oxidation sites excluding steroid dienone is 2. The highest BCUT2D eigenvalue weighted by atomic mass is 35.5. The minimum atomic E-state index is -1.09. The van der Waals surface area contributed by atoms with Gasteiger partial charge in [0.15, 0.2) is 11.9 Å². The normalized spacial score (nSPS) is 22.1. The minimum Gasteiger partial charge on any atom is -0.479 e. The number of hydrogen-bond acceptors (Lipinski definition) is 4. The summed E-state index contributed by atoms with van der Waals surface area (Å²) in [4.78, 5) is 23.5. The molecule has 0 amide bonds. The lowest BCUT2D eigenvalue weighted by Gasteiger charge is -2.32. The summed E-state index contributed by atoms with van der Waals surface area (Å²) in [6, 6.07) is 1.77. The van der Waals surface area contributed by atoms with Crippen molar-refractivity contribution in [1.82, 2.24) is 0 Å². The molecule has 2 unspecified atom stereocenters. The second-order valence-electron chi connectivity index (χ2n) is 7.10. The molecule has 0 bridgehead atoms. The number of carboxylic acid groups (broad SMARTS) is 1. The lowest BCUT2D eigenvalue weighted by molar-refractivity contribution is -0.145. The number of fused-ring (bicyclic) bond motifs is 3. The maximum atomic E-state index is 12.0. The molecule has 0 aliphatic heterocycles. The molecular weight excluding hydrogens is 391 g/mol. The van der Waals surface area contributed by atoms with Crippen molar-refractivity contribution in [3.8, 4) is 5.75 Å². The number of carboxylic acids is 1. The van der Waals surface area contributed by atoms with E-state index in [1.54, 1.807) is 12.1 Å². The van der Waals surface area contributed by atoms with E-state index in [2.05, 4.69) is 6.92 Å². The fraction of sp³-hybridized carbons (Fsp3) is 0.500. The molecule has 3 rings (SSSR count). The van der Waals surface area contributed by atoms with Crippen LogP contribution in [0, 0.1) is 5.41 Å². The number of hydrogen-bond donors (Lipinski definition) is 1. The summed E-state index contributed by atoms with van der Waals surface area (Å²) in [5.74, 6) is -0.743. The van der Waals surface area contributed by atoms with Crippen molar-refractivity contribution in [1.29, 1.82) is 0 Å². The molecule has 0 heterocycles. The van der Waals surface area contributed by atoms with Gasteiger partial charge in [-0.1, -0.05) is 30.1 Å². The highest BCUT2D eigenvalue weighted by Gasteiger charge is 2.44. The first-order valence-electron chi connectivity index (χ1n) is 8.97. The molecule has 2 atom stereocenters. The molecule has 1 aromatic carbocycles. The van der Waals surface area contributed by atoms with Crippen molar-refractivity contribution in [2.75, 3.05) is 13.7 Å². The molecule has 0 fully saturated rings. The second-order valence-corrected chi connectivity index (χ2v) is 7.85. The summed E-state index contributed by atoms with van der Waals surface area (Å²) in [5.41, 5.74) is 2.57. The summed E-state index contributed by atoms with van der Waals surface area (Å²) in [6.07, 6.45) is 3.73. The molecule has 1 N–H and O–H groups in total. The Morgan fingerprint density at radius 2 is 2.11 bits per heavy atom. The number of ketones is 1. The Morgan fingerprint density at radius 1 is 1.37 bits per heavy atom. The molecule has 5 nitrogen and oxygen atoms in total. The maximum absolute atomic E-state index is 12.0. The number of rotatable bonds is 7. The van der Waals surface area contributed by atoms with Gasteiger partial charge in [-0.25, -0.2) is 4.79 Å². The number of carbonyl (C=O) groups is 2. The van der Waals surface area contributed by atoms with Crippen LogP contribution in [0.25, 0.3) is 5.57 Å². The van der Waals surface area contributed by atoms with E-state index < -0.39 is 12.1 Å². The lowest BCUT2D eigenvalue weighted by Crippen LogP contribution is -2.28. The van der Waals surface area contributed by atoms with Crippen LogP contribution in [-0.4, -0.2) is 36.7 Å². The van der Waals surface area contributed by atoms with Gasteiger partial charge in [-0.2, -0.15) is 0 Å². The van der Waals surface area contributed by atoms with Crippen LogP contribution < -0.4 is 4.74 Å². The number of ether oxygens (including phenoxy) is 2. The zero-order valence-corrected chi connectivity index (χ0v) is 16.8. The van der Waals surface area contributed by atoms with E-state index in [1.165, 1.54) is 7.11 Å². The predicted octanol–water partition coefficient (Wildman–Crippen LogP) is 4.56. The smallest absolute Gasteiger partial charge is 0.344 e. The molecule has 2 aliphatic rings. The maximum Gasteiger partial charge on any atom is 0.344 e. The molecule has 27 heavy (non-hydrogen) atoms. The molecular formula is C20H22Cl2O5. The van der Waals surface area contributed by atoms with E-state index in [0.29, 0.717) is 11.4 Å². The van der Waals surface area contributed by atoms with Gasteiger partial charge >= 0.3 is 5.97 Å². The average Bonchev–Trinajstić information content (AvgIpc) is 2.96. The van der Waals surface area contributed by atoms with Gasteiger partial charge in [0.1, 0.15) is 10.8 Å². The standard InChI is InChI=1S/C20H22Cl2O5/c1-3-20-6-4-12(23)9-13(20)16-11(10-20)8-15(17(21)18(16)22)27-14(19(24)25)5-7-26-2/h8-9,14H,3-7,10H2,1-2H3,(H,24,25). The van der Waals surface area contributed by atoms with Gasteiger partial charge in [-0.05, 0) is 42.5 Å². The Bertz CT molecular complexity index is 817. The fourth-order valence-electron chi connectivity index (χ4n) is 4.04. The van der Waals surface area contributed by atoms with Gasteiger partial charge in [0.05, 0.1) is 11.6 Å². The third-order valence-corrected chi connectivity index (χ3v) is 6.44. The number of carbonyl (C=O) groups excluding carboxylic acids is 1. The first kappa shape index (κ1) is 20.2. The Morgan fingerprint density at radius 3 is 2.74 bits per heavy atom. The Hall–Kier alpha value is -1.56. The van der Waals surface area contributed by atoms with E-state index >= 15 is 0 Å². The van der Waals surface area contributed by atoms with E-state index in [9.17, 15) is 14.7 Å². The quantitative estimate of drug-likeness (QED) is 0.710. The van der Waals surface area contributed by atoms with Crippen LogP contribution >= 0.6 is 23.2 Å². The molecule has 146 valence electrons. The van der Waals surface area contributed by atoms with Crippen LogP contribution in [0.2, 0.25) is 10.0 Å². The molecule has 0 radical (unpaired) electrons. The van der Waals surface area contributed by atoms with E-state index in [1.807, 2.05) is 0 Å². The molecule has 2 aliphatic carbocycles. The van der Waals surface area contributed by atoms with Crippen molar-refractivity contribution in [2.45, 2.75) is 45.1 Å². The van der Waals surface area contributed by atoms with Gasteiger partial charge in [0, 0.05) is 30.9 Å². The van der Waals surface area contributed by atoms with E-state index in [4.69, 9.17) is 32.7 Å². The summed E-state index contributed by atoms with van der Waals surface area (Å²) < 4.78 is 10.6. The number of methoxy groups -OCH3 is 1. The van der Waals surface area contributed by atoms with Crippen LogP contribution in [0.15, 0.2) is 12.1 Å². The Labute approximate surface area is 168 Å². The van der Waals surface area contributed by atoms with Gasteiger partial charge in [-0.15, -0.1) is 0 Å². The zero-order valence-electron chi connectivity index (χ0n) is 15.3. The van der Waals surface area contributed by atoms with Crippen molar-refractivity contribution in [2.24, 2.45) is 5.41 Å². The zero-order chi connectivity index (χ0) is 19.8. The molecule has 1 aromatic rings. The summed E-state index contributed by atoms with van der Waals surface area (Å²) in [5, 5.41) is 9.88. The van der Waals surface area contributed by atoms with Crippen molar-refractivity contribution in [3.63, 3.8) is 0 Å². The summed E-state index contributed by atoms with van der Waals surface area (Å²) in [7, 11) is 1.50. The van der Waals surface area contributed by atoms with Crippen LogP contribution in [0.4, 0.5) is 0 Å². The molecule has 0 aromatic heterocycles. The van der Waals surface area contributed by atoms with Gasteiger partial charge in [0.2, 0.25) is 0 Å². The predicted molar refractivity (Wildman–Crippen MR) is 104 cm³/mol. The second kappa shape index (κ2) is 7.82. The highest BCUT2D eigenvalue weighted by molar-refractivity contribution is 6.44.